The van der Waals surface area contributed by atoms with Crippen molar-refractivity contribution < 1.29 is 0 Å². The van der Waals surface area contributed by atoms with Gasteiger partial charge in [-0.25, -0.2) is 0 Å². The molecule has 1 N–H and O–H groups in total. The van der Waals surface area contributed by atoms with Crippen LogP contribution in [0.1, 0.15) is 43.0 Å². The van der Waals surface area contributed by atoms with Gasteiger partial charge in [-0.15, -0.1) is 0 Å². The van der Waals surface area contributed by atoms with Gasteiger partial charge in [0.1, 0.15) is 0 Å². The minimum absolute atomic E-state index is 0.463. The SMILES string of the molecule is CCc1ccc(C(CC)NCCc2ccccc2)cc1. The summed E-state index contributed by atoms with van der Waals surface area (Å²) in [5, 5.41) is 3.67. The Morgan fingerprint density at radius 3 is 2.15 bits per heavy atom. The van der Waals surface area contributed by atoms with E-state index in [1.54, 1.807) is 0 Å². The predicted octanol–water partition coefficient (Wildman–Crippen LogP) is 4.53. The Morgan fingerprint density at radius 1 is 0.850 bits per heavy atom. The first-order chi connectivity index (χ1) is 9.83. The first-order valence-electron chi connectivity index (χ1n) is 7.69. The first kappa shape index (κ1) is 14.8. The third-order valence-electron chi connectivity index (χ3n) is 3.85. The minimum atomic E-state index is 0.463. The summed E-state index contributed by atoms with van der Waals surface area (Å²) < 4.78 is 0. The molecule has 106 valence electrons. The number of aryl methyl sites for hydroxylation is 1. The number of nitrogens with one attached hydrogen (secondary N) is 1. The summed E-state index contributed by atoms with van der Waals surface area (Å²) in [6, 6.07) is 20.2. The van der Waals surface area contributed by atoms with Crippen LogP contribution in [0, 0.1) is 0 Å². The van der Waals surface area contributed by atoms with E-state index in [4.69, 9.17) is 0 Å². The van der Waals surface area contributed by atoms with E-state index >= 15 is 0 Å². The predicted molar refractivity (Wildman–Crippen MR) is 87.0 cm³/mol. The van der Waals surface area contributed by atoms with Gasteiger partial charge in [0.2, 0.25) is 0 Å². The van der Waals surface area contributed by atoms with Crippen molar-refractivity contribution in [2.45, 2.75) is 39.2 Å². The van der Waals surface area contributed by atoms with Crippen LogP contribution in [0.4, 0.5) is 0 Å². The van der Waals surface area contributed by atoms with Crippen molar-refractivity contribution in [3.8, 4) is 0 Å². The molecule has 0 aliphatic carbocycles. The Bertz CT molecular complexity index is 487. The van der Waals surface area contributed by atoms with E-state index in [-0.39, 0.29) is 0 Å². The highest BCUT2D eigenvalue weighted by molar-refractivity contribution is 5.25. The van der Waals surface area contributed by atoms with Crippen LogP contribution in [-0.2, 0) is 12.8 Å². The normalized spacial score (nSPS) is 12.3. The zero-order chi connectivity index (χ0) is 14.2. The zero-order valence-corrected chi connectivity index (χ0v) is 12.6. The molecule has 2 rings (SSSR count). The van der Waals surface area contributed by atoms with E-state index in [1.165, 1.54) is 16.7 Å². The molecule has 0 fully saturated rings. The second-order valence-electron chi connectivity index (χ2n) is 5.25. The van der Waals surface area contributed by atoms with E-state index in [9.17, 15) is 0 Å². The fourth-order valence-electron chi connectivity index (χ4n) is 2.52. The van der Waals surface area contributed by atoms with Crippen LogP contribution in [0.25, 0.3) is 0 Å². The van der Waals surface area contributed by atoms with Crippen molar-refractivity contribution in [2.24, 2.45) is 0 Å². The largest absolute Gasteiger partial charge is 0.310 e. The molecule has 1 unspecified atom stereocenters. The van der Waals surface area contributed by atoms with Crippen molar-refractivity contribution >= 4 is 0 Å². The topological polar surface area (TPSA) is 12.0 Å². The van der Waals surface area contributed by atoms with E-state index in [1.807, 2.05) is 0 Å². The molecule has 0 heterocycles. The average molecular weight is 267 g/mol. The van der Waals surface area contributed by atoms with Gasteiger partial charge in [0, 0.05) is 6.04 Å². The molecule has 1 atom stereocenters. The van der Waals surface area contributed by atoms with Crippen LogP contribution in [0.2, 0.25) is 0 Å². The standard InChI is InChI=1S/C19H25N/c1-3-16-10-12-18(13-11-16)19(4-2)20-15-14-17-8-6-5-7-9-17/h5-13,19-20H,3-4,14-15H2,1-2H3. The van der Waals surface area contributed by atoms with Gasteiger partial charge in [0.05, 0.1) is 0 Å². The molecule has 0 bridgehead atoms. The van der Waals surface area contributed by atoms with E-state index in [0.717, 1.165) is 25.8 Å². The Kier molecular flexibility index (Phi) is 5.82. The lowest BCUT2D eigenvalue weighted by atomic mass is 10.0. The molecule has 0 amide bonds. The molecule has 0 radical (unpaired) electrons. The molecule has 0 saturated carbocycles. The van der Waals surface area contributed by atoms with Gasteiger partial charge in [-0.05, 0) is 42.5 Å². The van der Waals surface area contributed by atoms with Gasteiger partial charge >= 0.3 is 0 Å². The molecule has 0 aliphatic heterocycles. The van der Waals surface area contributed by atoms with Gasteiger partial charge < -0.3 is 5.32 Å². The monoisotopic (exact) mass is 267 g/mol. The molecular weight excluding hydrogens is 242 g/mol. The Labute approximate surface area is 123 Å². The van der Waals surface area contributed by atoms with Crippen LogP contribution >= 0.6 is 0 Å². The van der Waals surface area contributed by atoms with Gasteiger partial charge in [-0.1, -0.05) is 68.4 Å². The van der Waals surface area contributed by atoms with Gasteiger partial charge in [0.15, 0.2) is 0 Å². The van der Waals surface area contributed by atoms with Gasteiger partial charge in [-0.2, -0.15) is 0 Å². The Morgan fingerprint density at radius 2 is 1.55 bits per heavy atom. The fraction of sp³-hybridized carbons (Fsp3) is 0.368. The molecule has 20 heavy (non-hydrogen) atoms. The van der Waals surface area contributed by atoms with Crippen LogP contribution in [0.15, 0.2) is 54.6 Å². The summed E-state index contributed by atoms with van der Waals surface area (Å²) in [6.07, 6.45) is 3.32. The maximum atomic E-state index is 3.67. The highest BCUT2D eigenvalue weighted by Gasteiger charge is 2.07. The summed E-state index contributed by atoms with van der Waals surface area (Å²) in [5.41, 5.74) is 4.21. The van der Waals surface area contributed by atoms with Crippen molar-refractivity contribution in [1.29, 1.82) is 0 Å². The second kappa shape index (κ2) is 7.86. The second-order valence-corrected chi connectivity index (χ2v) is 5.25. The zero-order valence-electron chi connectivity index (χ0n) is 12.6. The number of benzene rings is 2. The molecule has 1 nitrogen and oxygen atoms in total. The lowest BCUT2D eigenvalue weighted by molar-refractivity contribution is 0.522. The Balaban J connectivity index is 1.88. The first-order valence-corrected chi connectivity index (χ1v) is 7.69. The molecule has 0 aromatic heterocycles. The van der Waals surface area contributed by atoms with Crippen LogP contribution < -0.4 is 5.32 Å². The van der Waals surface area contributed by atoms with E-state index in [2.05, 4.69) is 73.8 Å². The number of hydrogen-bond donors (Lipinski definition) is 1. The summed E-state index contributed by atoms with van der Waals surface area (Å²) in [5.74, 6) is 0. The van der Waals surface area contributed by atoms with Crippen LogP contribution in [0.3, 0.4) is 0 Å². The van der Waals surface area contributed by atoms with Crippen molar-refractivity contribution in [1.82, 2.24) is 5.32 Å². The maximum absolute atomic E-state index is 3.67. The summed E-state index contributed by atoms with van der Waals surface area (Å²) >= 11 is 0. The molecule has 1 heteroatoms. The smallest absolute Gasteiger partial charge is 0.0317 e. The van der Waals surface area contributed by atoms with Crippen molar-refractivity contribution in [2.75, 3.05) is 6.54 Å². The van der Waals surface area contributed by atoms with Gasteiger partial charge in [-0.3, -0.25) is 0 Å². The highest BCUT2D eigenvalue weighted by Crippen LogP contribution is 2.17. The molecule has 0 spiro atoms. The molecule has 2 aromatic rings. The number of rotatable bonds is 7. The summed E-state index contributed by atoms with van der Waals surface area (Å²) in [7, 11) is 0. The van der Waals surface area contributed by atoms with E-state index in [0.29, 0.717) is 6.04 Å². The lowest BCUT2D eigenvalue weighted by Crippen LogP contribution is -2.23. The average Bonchev–Trinajstić information content (AvgIpc) is 2.53. The number of hydrogen-bond acceptors (Lipinski definition) is 1. The highest BCUT2D eigenvalue weighted by atomic mass is 14.9. The van der Waals surface area contributed by atoms with Crippen molar-refractivity contribution in [3.05, 3.63) is 71.3 Å². The molecule has 0 saturated heterocycles. The molecular formula is C19H25N. The molecule has 0 aliphatic rings. The van der Waals surface area contributed by atoms with Crippen molar-refractivity contribution in [3.63, 3.8) is 0 Å². The lowest BCUT2D eigenvalue weighted by Gasteiger charge is -2.18. The molecule has 2 aromatic carbocycles. The van der Waals surface area contributed by atoms with E-state index < -0.39 is 0 Å². The van der Waals surface area contributed by atoms with Gasteiger partial charge in [0.25, 0.3) is 0 Å². The minimum Gasteiger partial charge on any atom is -0.310 e. The summed E-state index contributed by atoms with van der Waals surface area (Å²) in [4.78, 5) is 0. The quantitative estimate of drug-likeness (QED) is 0.777. The summed E-state index contributed by atoms with van der Waals surface area (Å²) in [6.45, 7) is 5.47. The fourth-order valence-corrected chi connectivity index (χ4v) is 2.52. The third-order valence-corrected chi connectivity index (χ3v) is 3.85. The third kappa shape index (κ3) is 4.21. The maximum Gasteiger partial charge on any atom is 0.0317 e. The van der Waals surface area contributed by atoms with Crippen LogP contribution in [-0.4, -0.2) is 6.54 Å². The van der Waals surface area contributed by atoms with Crippen LogP contribution in [0.5, 0.6) is 0 Å². The Hall–Kier alpha value is -1.60.